The summed E-state index contributed by atoms with van der Waals surface area (Å²) in [6.07, 6.45) is 1.44. The van der Waals surface area contributed by atoms with E-state index < -0.39 is 17.4 Å². The molecule has 1 rings (SSSR count). The van der Waals surface area contributed by atoms with Crippen molar-refractivity contribution < 1.29 is 13.6 Å². The van der Waals surface area contributed by atoms with Crippen LogP contribution < -0.4 is 0 Å². The van der Waals surface area contributed by atoms with E-state index in [4.69, 9.17) is 0 Å². The second kappa shape index (κ2) is 3.94. The molecule has 0 saturated heterocycles. The highest BCUT2D eigenvalue weighted by atomic mass is 19.1. The molecule has 0 unspecified atom stereocenters. The lowest BCUT2D eigenvalue weighted by Crippen LogP contribution is -2.01. The van der Waals surface area contributed by atoms with Crippen LogP contribution in [0.5, 0.6) is 0 Å². The maximum Gasteiger partial charge on any atom is 0.169 e. The fraction of sp³-hybridized carbons (Fsp3) is 0.100. The van der Waals surface area contributed by atoms with Gasteiger partial charge >= 0.3 is 0 Å². The van der Waals surface area contributed by atoms with Gasteiger partial charge in [0.25, 0.3) is 0 Å². The van der Waals surface area contributed by atoms with Crippen molar-refractivity contribution in [3.05, 3.63) is 48.1 Å². The lowest BCUT2D eigenvalue weighted by Gasteiger charge is -1.99. The van der Waals surface area contributed by atoms with Gasteiger partial charge in [0.2, 0.25) is 0 Å². The Morgan fingerprint density at radius 1 is 1.46 bits per heavy atom. The van der Waals surface area contributed by atoms with E-state index in [-0.39, 0.29) is 12.0 Å². The highest BCUT2D eigenvalue weighted by molar-refractivity contribution is 5.97. The third-order valence-corrected chi connectivity index (χ3v) is 1.56. The van der Waals surface area contributed by atoms with Gasteiger partial charge in [0, 0.05) is 12.5 Å². The first-order valence-corrected chi connectivity index (χ1v) is 3.74. The van der Waals surface area contributed by atoms with Crippen molar-refractivity contribution in [2.24, 2.45) is 0 Å². The second-order valence-electron chi connectivity index (χ2n) is 2.54. The molecule has 0 aromatic heterocycles. The summed E-state index contributed by atoms with van der Waals surface area (Å²) >= 11 is 0. The van der Waals surface area contributed by atoms with Gasteiger partial charge in [-0.3, -0.25) is 4.79 Å². The topological polar surface area (TPSA) is 17.1 Å². The van der Waals surface area contributed by atoms with Gasteiger partial charge in [0.15, 0.2) is 5.78 Å². The van der Waals surface area contributed by atoms with Crippen molar-refractivity contribution in [2.75, 3.05) is 0 Å². The number of hydrogen-bond donors (Lipinski definition) is 0. The van der Waals surface area contributed by atoms with Gasteiger partial charge in [-0.05, 0) is 12.1 Å². The second-order valence-corrected chi connectivity index (χ2v) is 2.54. The molecule has 1 nitrogen and oxygen atoms in total. The van der Waals surface area contributed by atoms with Crippen LogP contribution in [0.3, 0.4) is 0 Å². The Morgan fingerprint density at radius 2 is 2.15 bits per heavy atom. The minimum atomic E-state index is -0.827. The number of halogens is 2. The Morgan fingerprint density at radius 3 is 2.69 bits per heavy atom. The van der Waals surface area contributed by atoms with E-state index in [2.05, 4.69) is 6.58 Å². The molecule has 0 amide bonds. The number of carbonyl (C=O) groups is 1. The van der Waals surface area contributed by atoms with Crippen LogP contribution in [0.25, 0.3) is 0 Å². The summed E-state index contributed by atoms with van der Waals surface area (Å²) < 4.78 is 25.4. The minimum Gasteiger partial charge on any atom is -0.294 e. The fourth-order valence-corrected chi connectivity index (χ4v) is 0.957. The van der Waals surface area contributed by atoms with Crippen molar-refractivity contribution in [2.45, 2.75) is 6.42 Å². The van der Waals surface area contributed by atoms with Crippen LogP contribution in [0, 0.1) is 11.6 Å². The predicted octanol–water partition coefficient (Wildman–Crippen LogP) is 2.72. The number of Topliss-reactive ketones (excluding diaryl/α,β-unsaturated/α-hetero) is 1. The van der Waals surface area contributed by atoms with Crippen molar-refractivity contribution in [3.63, 3.8) is 0 Å². The van der Waals surface area contributed by atoms with Gasteiger partial charge in [-0.25, -0.2) is 8.78 Å². The average molecular weight is 182 g/mol. The van der Waals surface area contributed by atoms with Gasteiger partial charge in [-0.15, -0.1) is 6.58 Å². The average Bonchev–Trinajstić information content (AvgIpc) is 2.04. The predicted molar refractivity (Wildman–Crippen MR) is 45.5 cm³/mol. The smallest absolute Gasteiger partial charge is 0.169 e. The molecule has 0 bridgehead atoms. The molecule has 1 aromatic carbocycles. The molecule has 0 spiro atoms. The van der Waals surface area contributed by atoms with Gasteiger partial charge in [0.05, 0.1) is 5.56 Å². The zero-order chi connectivity index (χ0) is 9.84. The first kappa shape index (κ1) is 9.58. The van der Waals surface area contributed by atoms with Gasteiger partial charge < -0.3 is 0 Å². The first-order valence-electron chi connectivity index (χ1n) is 3.74. The van der Waals surface area contributed by atoms with E-state index in [9.17, 15) is 13.6 Å². The van der Waals surface area contributed by atoms with E-state index in [0.29, 0.717) is 6.07 Å². The number of ketones is 1. The summed E-state index contributed by atoms with van der Waals surface area (Å²) in [7, 11) is 0. The van der Waals surface area contributed by atoms with E-state index in [1.54, 1.807) is 0 Å². The fourth-order valence-electron chi connectivity index (χ4n) is 0.957. The lowest BCUT2D eigenvalue weighted by molar-refractivity contribution is 0.0992. The molecular weight excluding hydrogens is 174 g/mol. The highest BCUT2D eigenvalue weighted by Gasteiger charge is 2.10. The molecule has 0 N–H and O–H groups in total. The van der Waals surface area contributed by atoms with Crippen molar-refractivity contribution >= 4 is 5.78 Å². The third kappa shape index (κ3) is 2.21. The zero-order valence-corrected chi connectivity index (χ0v) is 6.89. The van der Waals surface area contributed by atoms with Gasteiger partial charge in [0.1, 0.15) is 11.6 Å². The standard InChI is InChI=1S/C10H8F2O/c1-2-3-10(13)8-5-4-7(11)6-9(8)12/h2,4-6H,1,3H2. The first-order chi connectivity index (χ1) is 6.15. The molecule has 0 atom stereocenters. The van der Waals surface area contributed by atoms with Crippen LogP contribution >= 0.6 is 0 Å². The van der Waals surface area contributed by atoms with Gasteiger partial charge in [-0.2, -0.15) is 0 Å². The summed E-state index contributed by atoms with van der Waals surface area (Å²) in [5, 5.41) is 0. The summed E-state index contributed by atoms with van der Waals surface area (Å²) in [6.45, 7) is 3.36. The Kier molecular flexibility index (Phi) is 2.90. The monoisotopic (exact) mass is 182 g/mol. The SMILES string of the molecule is C=CCC(=O)c1ccc(F)cc1F. The van der Waals surface area contributed by atoms with E-state index in [1.165, 1.54) is 6.08 Å². The van der Waals surface area contributed by atoms with Crippen LogP contribution in [0.15, 0.2) is 30.9 Å². The normalized spacial score (nSPS) is 9.69. The molecule has 0 aliphatic carbocycles. The van der Waals surface area contributed by atoms with Crippen molar-refractivity contribution in [3.8, 4) is 0 Å². The number of benzene rings is 1. The molecule has 68 valence electrons. The van der Waals surface area contributed by atoms with Crippen LogP contribution in [-0.2, 0) is 0 Å². The largest absolute Gasteiger partial charge is 0.294 e. The van der Waals surface area contributed by atoms with Crippen LogP contribution in [0.2, 0.25) is 0 Å². The molecule has 3 heteroatoms. The minimum absolute atomic E-state index is 0.0581. The number of carbonyl (C=O) groups excluding carboxylic acids is 1. The molecule has 0 aliphatic rings. The molecule has 0 radical (unpaired) electrons. The third-order valence-electron chi connectivity index (χ3n) is 1.56. The molecule has 0 fully saturated rings. The summed E-state index contributed by atoms with van der Waals surface area (Å²) in [5.41, 5.74) is -0.0960. The van der Waals surface area contributed by atoms with E-state index in [0.717, 1.165) is 12.1 Å². The highest BCUT2D eigenvalue weighted by Crippen LogP contribution is 2.11. The number of hydrogen-bond acceptors (Lipinski definition) is 1. The van der Waals surface area contributed by atoms with E-state index >= 15 is 0 Å². The Bertz CT molecular complexity index is 345. The molecular formula is C10H8F2O. The van der Waals surface area contributed by atoms with Gasteiger partial charge in [-0.1, -0.05) is 6.08 Å². The summed E-state index contributed by atoms with van der Waals surface area (Å²) in [4.78, 5) is 11.1. The van der Waals surface area contributed by atoms with Crippen molar-refractivity contribution in [1.29, 1.82) is 0 Å². The van der Waals surface area contributed by atoms with Crippen LogP contribution in [0.4, 0.5) is 8.78 Å². The summed E-state index contributed by atoms with van der Waals surface area (Å²) in [5.74, 6) is -1.91. The van der Waals surface area contributed by atoms with Crippen LogP contribution in [-0.4, -0.2) is 5.78 Å². The number of allylic oxidation sites excluding steroid dienone is 1. The molecule has 0 heterocycles. The zero-order valence-electron chi connectivity index (χ0n) is 6.89. The van der Waals surface area contributed by atoms with Crippen molar-refractivity contribution in [1.82, 2.24) is 0 Å². The van der Waals surface area contributed by atoms with E-state index in [1.807, 2.05) is 0 Å². The van der Waals surface area contributed by atoms with Crippen LogP contribution in [0.1, 0.15) is 16.8 Å². The Hall–Kier alpha value is -1.51. The molecule has 1 aromatic rings. The summed E-state index contributed by atoms with van der Waals surface area (Å²) in [6, 6.07) is 2.88. The maximum atomic E-state index is 12.9. The quantitative estimate of drug-likeness (QED) is 0.518. The Balaban J connectivity index is 3.01. The molecule has 13 heavy (non-hydrogen) atoms. The molecule has 0 saturated carbocycles. The lowest BCUT2D eigenvalue weighted by atomic mass is 10.1. The maximum absolute atomic E-state index is 12.9. The number of rotatable bonds is 3. The molecule has 0 aliphatic heterocycles. The Labute approximate surface area is 74.7 Å².